The molecule has 1 N–H and O–H groups in total. The summed E-state index contributed by atoms with van der Waals surface area (Å²) in [5.41, 5.74) is 0.0308. The highest BCUT2D eigenvalue weighted by atomic mass is 16.5. The van der Waals surface area contributed by atoms with Crippen LogP contribution in [-0.2, 0) is 4.74 Å². The minimum absolute atomic E-state index is 0.0308. The standard InChI is InChI=1S/C12H22N2O/c1-10-4-7-13-12(15-10)5-8-14(9-6-12)11-2-3-11/h10-11,13H,2-9H2,1H3. The second kappa shape index (κ2) is 3.72. The van der Waals surface area contributed by atoms with Crippen molar-refractivity contribution in [2.24, 2.45) is 0 Å². The molecule has 0 radical (unpaired) electrons. The minimum Gasteiger partial charge on any atom is -0.358 e. The zero-order valence-electron chi connectivity index (χ0n) is 9.67. The Morgan fingerprint density at radius 2 is 1.93 bits per heavy atom. The molecule has 86 valence electrons. The Balaban J connectivity index is 1.58. The Labute approximate surface area is 92.2 Å². The van der Waals surface area contributed by atoms with Crippen LogP contribution in [-0.4, -0.2) is 42.4 Å². The van der Waals surface area contributed by atoms with Crippen molar-refractivity contribution in [1.29, 1.82) is 0 Å². The van der Waals surface area contributed by atoms with Crippen LogP contribution in [0.3, 0.4) is 0 Å². The monoisotopic (exact) mass is 210 g/mol. The van der Waals surface area contributed by atoms with Crippen LogP contribution in [0.15, 0.2) is 0 Å². The highest BCUT2D eigenvalue weighted by Crippen LogP contribution is 2.34. The van der Waals surface area contributed by atoms with E-state index in [1.165, 1.54) is 38.8 Å². The Bertz CT molecular complexity index is 232. The fourth-order valence-electron chi connectivity index (χ4n) is 2.97. The molecular formula is C12H22N2O. The predicted octanol–water partition coefficient (Wildman–Crippen LogP) is 1.34. The number of piperidine rings is 1. The van der Waals surface area contributed by atoms with Gasteiger partial charge in [0.15, 0.2) is 0 Å². The van der Waals surface area contributed by atoms with Gasteiger partial charge in [-0.2, -0.15) is 0 Å². The van der Waals surface area contributed by atoms with E-state index in [2.05, 4.69) is 17.1 Å². The zero-order chi connectivity index (χ0) is 10.3. The van der Waals surface area contributed by atoms with Gasteiger partial charge in [0.2, 0.25) is 0 Å². The number of nitrogens with zero attached hydrogens (tertiary/aromatic N) is 1. The van der Waals surface area contributed by atoms with Crippen molar-refractivity contribution < 1.29 is 4.74 Å². The fraction of sp³-hybridized carbons (Fsp3) is 1.00. The number of nitrogens with one attached hydrogen (secondary N) is 1. The molecule has 3 nitrogen and oxygen atoms in total. The van der Waals surface area contributed by atoms with Crippen LogP contribution < -0.4 is 5.32 Å². The number of ether oxygens (including phenoxy) is 1. The summed E-state index contributed by atoms with van der Waals surface area (Å²) in [4.78, 5) is 2.65. The Morgan fingerprint density at radius 1 is 1.20 bits per heavy atom. The van der Waals surface area contributed by atoms with E-state index in [1.807, 2.05) is 0 Å². The lowest BCUT2D eigenvalue weighted by atomic mass is 9.97. The van der Waals surface area contributed by atoms with Crippen LogP contribution in [0, 0.1) is 0 Å². The van der Waals surface area contributed by atoms with Crippen molar-refractivity contribution in [3.63, 3.8) is 0 Å². The average Bonchev–Trinajstić information content (AvgIpc) is 3.02. The maximum Gasteiger partial charge on any atom is 0.122 e. The maximum absolute atomic E-state index is 6.13. The SMILES string of the molecule is CC1CCNC2(CCN(C3CC3)CC2)O1. The molecule has 0 bridgehead atoms. The lowest BCUT2D eigenvalue weighted by Gasteiger charge is -2.46. The molecule has 2 saturated heterocycles. The van der Waals surface area contributed by atoms with Crippen LogP contribution in [0.2, 0.25) is 0 Å². The van der Waals surface area contributed by atoms with Gasteiger partial charge >= 0.3 is 0 Å². The van der Waals surface area contributed by atoms with Gasteiger partial charge in [0.25, 0.3) is 0 Å². The van der Waals surface area contributed by atoms with Crippen molar-refractivity contribution in [3.8, 4) is 0 Å². The minimum atomic E-state index is 0.0308. The smallest absolute Gasteiger partial charge is 0.122 e. The molecule has 1 unspecified atom stereocenters. The van der Waals surface area contributed by atoms with Gasteiger partial charge < -0.3 is 9.64 Å². The fourth-order valence-corrected chi connectivity index (χ4v) is 2.97. The van der Waals surface area contributed by atoms with Gasteiger partial charge in [0, 0.05) is 38.5 Å². The molecule has 0 aromatic heterocycles. The molecule has 3 fully saturated rings. The first kappa shape index (κ1) is 10.1. The second-order valence-electron chi connectivity index (χ2n) is 5.41. The van der Waals surface area contributed by atoms with E-state index in [9.17, 15) is 0 Å². The molecule has 3 aliphatic rings. The molecule has 1 spiro atoms. The van der Waals surface area contributed by atoms with Crippen LogP contribution in [0.25, 0.3) is 0 Å². The third-order valence-corrected chi connectivity index (χ3v) is 4.09. The largest absolute Gasteiger partial charge is 0.358 e. The number of hydrogen-bond acceptors (Lipinski definition) is 3. The first-order valence-corrected chi connectivity index (χ1v) is 6.44. The summed E-state index contributed by atoms with van der Waals surface area (Å²) in [5, 5.41) is 3.60. The van der Waals surface area contributed by atoms with Crippen LogP contribution >= 0.6 is 0 Å². The van der Waals surface area contributed by atoms with Crippen molar-refractivity contribution in [2.45, 2.75) is 56.9 Å². The van der Waals surface area contributed by atoms with Gasteiger partial charge in [0.05, 0.1) is 6.10 Å². The topological polar surface area (TPSA) is 24.5 Å². The molecule has 1 aliphatic carbocycles. The van der Waals surface area contributed by atoms with E-state index >= 15 is 0 Å². The van der Waals surface area contributed by atoms with Crippen molar-refractivity contribution in [2.75, 3.05) is 19.6 Å². The molecule has 1 saturated carbocycles. The lowest BCUT2D eigenvalue weighted by Crippen LogP contribution is -2.59. The van der Waals surface area contributed by atoms with E-state index in [4.69, 9.17) is 4.74 Å². The number of likely N-dealkylation sites (tertiary alicyclic amines) is 1. The molecule has 0 amide bonds. The van der Waals surface area contributed by atoms with Crippen molar-refractivity contribution >= 4 is 0 Å². The van der Waals surface area contributed by atoms with Crippen molar-refractivity contribution in [3.05, 3.63) is 0 Å². The first-order chi connectivity index (χ1) is 7.27. The summed E-state index contributed by atoms with van der Waals surface area (Å²) in [5.74, 6) is 0. The van der Waals surface area contributed by atoms with Gasteiger partial charge in [-0.15, -0.1) is 0 Å². The van der Waals surface area contributed by atoms with Crippen LogP contribution in [0.5, 0.6) is 0 Å². The van der Waals surface area contributed by atoms with Crippen LogP contribution in [0.4, 0.5) is 0 Å². The summed E-state index contributed by atoms with van der Waals surface area (Å²) in [6, 6.07) is 0.920. The summed E-state index contributed by atoms with van der Waals surface area (Å²) >= 11 is 0. The second-order valence-corrected chi connectivity index (χ2v) is 5.41. The molecule has 0 aromatic carbocycles. The van der Waals surface area contributed by atoms with Crippen LogP contribution in [0.1, 0.15) is 39.0 Å². The van der Waals surface area contributed by atoms with E-state index in [0.717, 1.165) is 19.0 Å². The highest BCUT2D eigenvalue weighted by molar-refractivity contribution is 4.94. The summed E-state index contributed by atoms with van der Waals surface area (Å²) in [6.45, 7) is 5.79. The van der Waals surface area contributed by atoms with Crippen molar-refractivity contribution in [1.82, 2.24) is 10.2 Å². The lowest BCUT2D eigenvalue weighted by molar-refractivity contribution is -0.161. The zero-order valence-corrected chi connectivity index (χ0v) is 9.67. The Hall–Kier alpha value is -0.120. The molecule has 15 heavy (non-hydrogen) atoms. The molecule has 1 atom stereocenters. The molecule has 3 rings (SSSR count). The summed E-state index contributed by atoms with van der Waals surface area (Å²) < 4.78 is 6.13. The molecule has 2 aliphatic heterocycles. The molecule has 3 heteroatoms. The molecule has 0 aromatic rings. The Morgan fingerprint density at radius 3 is 2.53 bits per heavy atom. The third kappa shape index (κ3) is 2.05. The Kier molecular flexibility index (Phi) is 2.49. The van der Waals surface area contributed by atoms with E-state index in [-0.39, 0.29) is 5.72 Å². The van der Waals surface area contributed by atoms with E-state index in [0.29, 0.717) is 6.10 Å². The summed E-state index contributed by atoms with van der Waals surface area (Å²) in [6.07, 6.45) is 6.81. The van der Waals surface area contributed by atoms with Gasteiger partial charge in [-0.3, -0.25) is 5.32 Å². The van der Waals surface area contributed by atoms with Gasteiger partial charge in [-0.1, -0.05) is 0 Å². The highest BCUT2D eigenvalue weighted by Gasteiger charge is 2.41. The van der Waals surface area contributed by atoms with E-state index in [1.54, 1.807) is 0 Å². The predicted molar refractivity (Wildman–Crippen MR) is 59.7 cm³/mol. The maximum atomic E-state index is 6.13. The van der Waals surface area contributed by atoms with Gasteiger partial charge in [0.1, 0.15) is 5.72 Å². The molecule has 2 heterocycles. The normalized spacial score (nSPS) is 37.0. The van der Waals surface area contributed by atoms with E-state index < -0.39 is 0 Å². The van der Waals surface area contributed by atoms with Gasteiger partial charge in [-0.25, -0.2) is 0 Å². The first-order valence-electron chi connectivity index (χ1n) is 6.44. The third-order valence-electron chi connectivity index (χ3n) is 4.09. The average molecular weight is 210 g/mol. The summed E-state index contributed by atoms with van der Waals surface area (Å²) in [7, 11) is 0. The number of rotatable bonds is 1. The quantitative estimate of drug-likeness (QED) is 0.707. The number of hydrogen-bond donors (Lipinski definition) is 1. The van der Waals surface area contributed by atoms with Gasteiger partial charge in [-0.05, 0) is 26.2 Å². The molecular weight excluding hydrogens is 188 g/mol.